The van der Waals surface area contributed by atoms with Crippen LogP contribution in [0.25, 0.3) is 11.1 Å². The van der Waals surface area contributed by atoms with Crippen LogP contribution in [-0.2, 0) is 24.2 Å². The van der Waals surface area contributed by atoms with E-state index >= 15 is 0 Å². The van der Waals surface area contributed by atoms with E-state index in [1.54, 1.807) is 0 Å². The summed E-state index contributed by atoms with van der Waals surface area (Å²) >= 11 is 0. The molecule has 2 aromatic carbocycles. The molecule has 2 aliphatic rings. The van der Waals surface area contributed by atoms with Crippen molar-refractivity contribution in [1.82, 2.24) is 19.7 Å². The topological polar surface area (TPSA) is 43.2 Å². The molecular weight excluding hydrogens is 348 g/mol. The molecule has 0 radical (unpaired) electrons. The lowest BCUT2D eigenvalue weighted by Gasteiger charge is -2.20. The lowest BCUT2D eigenvalue weighted by atomic mass is 10.0. The molecule has 1 atom stereocenters. The van der Waals surface area contributed by atoms with Gasteiger partial charge in [0.2, 0.25) is 0 Å². The first-order chi connectivity index (χ1) is 13.9. The third kappa shape index (κ3) is 3.60. The molecule has 2 aliphatic heterocycles. The first-order valence-corrected chi connectivity index (χ1v) is 10.3. The predicted octanol–water partition coefficient (Wildman–Crippen LogP) is 3.85. The van der Waals surface area contributed by atoms with Crippen molar-refractivity contribution in [3.05, 3.63) is 71.8 Å². The largest absolute Gasteiger partial charge is 0.370 e. The van der Waals surface area contributed by atoms with E-state index in [9.17, 15) is 0 Å². The highest BCUT2D eigenvalue weighted by molar-refractivity contribution is 5.63. The van der Waals surface area contributed by atoms with E-state index in [0.29, 0.717) is 0 Å². The van der Waals surface area contributed by atoms with Crippen molar-refractivity contribution in [3.8, 4) is 11.1 Å². The summed E-state index contributed by atoms with van der Waals surface area (Å²) < 4.78 is 8.14. The normalized spacial score (nSPS) is 20.1. The predicted molar refractivity (Wildman–Crippen MR) is 109 cm³/mol. The third-order valence-corrected chi connectivity index (χ3v) is 5.83. The maximum absolute atomic E-state index is 5.84. The second-order valence-corrected chi connectivity index (χ2v) is 7.72. The molecule has 144 valence electrons. The molecule has 5 rings (SSSR count). The van der Waals surface area contributed by atoms with Gasteiger partial charge in [-0.15, -0.1) is 10.2 Å². The summed E-state index contributed by atoms with van der Waals surface area (Å²) in [7, 11) is 0. The highest BCUT2D eigenvalue weighted by Gasteiger charge is 2.26. The Hall–Kier alpha value is -2.50. The van der Waals surface area contributed by atoms with Gasteiger partial charge in [-0.05, 0) is 29.5 Å². The van der Waals surface area contributed by atoms with Crippen LogP contribution in [0.3, 0.4) is 0 Å². The van der Waals surface area contributed by atoms with Crippen molar-refractivity contribution in [2.45, 2.75) is 38.5 Å². The van der Waals surface area contributed by atoms with Crippen molar-refractivity contribution in [1.29, 1.82) is 0 Å². The van der Waals surface area contributed by atoms with Gasteiger partial charge in [0.05, 0.1) is 0 Å². The first-order valence-electron chi connectivity index (χ1n) is 10.3. The second kappa shape index (κ2) is 7.86. The third-order valence-electron chi connectivity index (χ3n) is 5.83. The van der Waals surface area contributed by atoms with E-state index < -0.39 is 0 Å². The Morgan fingerprint density at radius 1 is 0.893 bits per heavy atom. The van der Waals surface area contributed by atoms with E-state index in [1.165, 1.54) is 16.7 Å². The molecule has 1 saturated heterocycles. The molecule has 1 fully saturated rings. The fourth-order valence-electron chi connectivity index (χ4n) is 4.26. The molecule has 0 spiro atoms. The van der Waals surface area contributed by atoms with Gasteiger partial charge in [0.25, 0.3) is 0 Å². The number of benzene rings is 2. The van der Waals surface area contributed by atoms with Gasteiger partial charge in [-0.1, -0.05) is 54.6 Å². The molecule has 3 aromatic rings. The average Bonchev–Trinajstić information content (AvgIpc) is 3.37. The maximum atomic E-state index is 5.84. The zero-order valence-corrected chi connectivity index (χ0v) is 16.1. The lowest BCUT2D eigenvalue weighted by molar-refractivity contribution is 0.101. The van der Waals surface area contributed by atoms with Crippen LogP contribution in [0.2, 0.25) is 0 Å². The maximum Gasteiger partial charge on any atom is 0.162 e. The van der Waals surface area contributed by atoms with Crippen molar-refractivity contribution in [2.75, 3.05) is 19.7 Å². The van der Waals surface area contributed by atoms with Gasteiger partial charge in [-0.3, -0.25) is 4.90 Å². The molecule has 0 saturated carbocycles. The molecule has 0 N–H and O–H groups in total. The number of aromatic nitrogens is 3. The summed E-state index contributed by atoms with van der Waals surface area (Å²) in [4.78, 5) is 2.52. The van der Waals surface area contributed by atoms with Crippen LogP contribution in [0.1, 0.15) is 36.2 Å². The van der Waals surface area contributed by atoms with Gasteiger partial charge in [-0.25, -0.2) is 0 Å². The first kappa shape index (κ1) is 17.6. The molecule has 1 aromatic heterocycles. The van der Waals surface area contributed by atoms with Gasteiger partial charge in [0.15, 0.2) is 5.82 Å². The molecule has 3 heterocycles. The van der Waals surface area contributed by atoms with Crippen LogP contribution >= 0.6 is 0 Å². The summed E-state index contributed by atoms with van der Waals surface area (Å²) in [5.74, 6) is 2.13. The number of hydrogen-bond donors (Lipinski definition) is 0. The van der Waals surface area contributed by atoms with Crippen molar-refractivity contribution in [2.24, 2.45) is 0 Å². The fraction of sp³-hybridized carbons (Fsp3) is 0.391. The van der Waals surface area contributed by atoms with Crippen LogP contribution in [-0.4, -0.2) is 39.4 Å². The van der Waals surface area contributed by atoms with Crippen molar-refractivity contribution in [3.63, 3.8) is 0 Å². The highest BCUT2D eigenvalue weighted by Crippen LogP contribution is 2.28. The van der Waals surface area contributed by atoms with E-state index in [4.69, 9.17) is 4.74 Å². The zero-order chi connectivity index (χ0) is 18.8. The van der Waals surface area contributed by atoms with Crippen molar-refractivity contribution >= 4 is 0 Å². The molecule has 5 nitrogen and oxygen atoms in total. The standard InChI is InChI=1S/C23H26N4O/c1-2-5-19(6-3-1)20-10-8-18(9-11-20)17-26-13-12-22-24-25-23(27(22)15-14-26)21-7-4-16-28-21/h1-3,5-6,8-11,21H,4,7,12-17H2. The summed E-state index contributed by atoms with van der Waals surface area (Å²) in [5, 5.41) is 8.89. The van der Waals surface area contributed by atoms with E-state index in [1.807, 2.05) is 0 Å². The minimum absolute atomic E-state index is 0.137. The number of ether oxygens (including phenoxy) is 1. The molecular formula is C23H26N4O. The molecule has 5 heteroatoms. The van der Waals surface area contributed by atoms with E-state index in [0.717, 1.165) is 63.7 Å². The smallest absolute Gasteiger partial charge is 0.162 e. The summed E-state index contributed by atoms with van der Waals surface area (Å²) in [6.07, 6.45) is 3.27. The number of hydrogen-bond acceptors (Lipinski definition) is 4. The average molecular weight is 374 g/mol. The Morgan fingerprint density at radius 2 is 1.71 bits per heavy atom. The number of fused-ring (bicyclic) bond motifs is 1. The van der Waals surface area contributed by atoms with Crippen LogP contribution < -0.4 is 0 Å². The Kier molecular flexibility index (Phi) is 4.93. The molecule has 0 aliphatic carbocycles. The monoisotopic (exact) mass is 374 g/mol. The van der Waals surface area contributed by atoms with Gasteiger partial charge in [0, 0.05) is 39.2 Å². The Balaban J connectivity index is 1.25. The zero-order valence-electron chi connectivity index (χ0n) is 16.1. The summed E-state index contributed by atoms with van der Waals surface area (Å²) in [6, 6.07) is 19.5. The lowest BCUT2D eigenvalue weighted by Crippen LogP contribution is -2.26. The van der Waals surface area contributed by atoms with Crippen molar-refractivity contribution < 1.29 is 4.74 Å². The quantitative estimate of drug-likeness (QED) is 0.696. The van der Waals surface area contributed by atoms with Gasteiger partial charge in [-0.2, -0.15) is 0 Å². The molecule has 28 heavy (non-hydrogen) atoms. The highest BCUT2D eigenvalue weighted by atomic mass is 16.5. The van der Waals surface area contributed by atoms with Gasteiger partial charge >= 0.3 is 0 Å². The number of rotatable bonds is 4. The Labute approximate surface area is 166 Å². The van der Waals surface area contributed by atoms with Crippen LogP contribution in [0, 0.1) is 0 Å². The minimum Gasteiger partial charge on any atom is -0.370 e. The SMILES string of the molecule is c1ccc(-c2ccc(CN3CCc4nnc(C5CCCO5)n4CC3)cc2)cc1. The minimum atomic E-state index is 0.137. The Bertz CT molecular complexity index is 914. The van der Waals surface area contributed by atoms with Crippen LogP contribution in [0.15, 0.2) is 54.6 Å². The van der Waals surface area contributed by atoms with Crippen LogP contribution in [0.5, 0.6) is 0 Å². The fourth-order valence-corrected chi connectivity index (χ4v) is 4.26. The Morgan fingerprint density at radius 3 is 2.50 bits per heavy atom. The van der Waals surface area contributed by atoms with Gasteiger partial charge < -0.3 is 9.30 Å². The molecule has 1 unspecified atom stereocenters. The van der Waals surface area contributed by atoms with Gasteiger partial charge in [0.1, 0.15) is 11.9 Å². The number of nitrogens with zero attached hydrogens (tertiary/aromatic N) is 4. The van der Waals surface area contributed by atoms with E-state index in [-0.39, 0.29) is 6.10 Å². The van der Waals surface area contributed by atoms with E-state index in [2.05, 4.69) is 74.3 Å². The van der Waals surface area contributed by atoms with Crippen LogP contribution in [0.4, 0.5) is 0 Å². The molecule has 0 bridgehead atoms. The molecule has 0 amide bonds. The summed E-state index contributed by atoms with van der Waals surface area (Å²) in [6.45, 7) is 4.80. The second-order valence-electron chi connectivity index (χ2n) is 7.72. The summed E-state index contributed by atoms with van der Waals surface area (Å²) in [5.41, 5.74) is 3.90.